The molecule has 0 bridgehead atoms. The Bertz CT molecular complexity index is 787. The summed E-state index contributed by atoms with van der Waals surface area (Å²) >= 11 is 1.54. The fourth-order valence-electron chi connectivity index (χ4n) is 2.57. The van der Waals surface area contributed by atoms with Crippen molar-refractivity contribution in [1.29, 1.82) is 0 Å². The van der Waals surface area contributed by atoms with Crippen LogP contribution in [-0.2, 0) is 22.3 Å². The Kier molecular flexibility index (Phi) is 6.64. The van der Waals surface area contributed by atoms with Crippen LogP contribution < -0.4 is 10.6 Å². The first-order valence-electron chi connectivity index (χ1n) is 8.31. The largest absolute Gasteiger partial charge is 0.416 e. The zero-order chi connectivity index (χ0) is 20.1. The smallest absolute Gasteiger partial charge is 0.351 e. The van der Waals surface area contributed by atoms with Crippen molar-refractivity contribution in [2.75, 3.05) is 5.32 Å². The standard InChI is InChI=1S/C19H21F3N2O2S/c1-18(2,10-16(25)23-12-15-7-4-8-27-15)11-17(26)24-14-6-3-5-13(9-14)19(20,21)22/h3-9H,10-12H2,1-2H3,(H,23,25)(H,24,26). The second-order valence-electron chi connectivity index (χ2n) is 7.00. The van der Waals surface area contributed by atoms with E-state index in [4.69, 9.17) is 0 Å². The van der Waals surface area contributed by atoms with Crippen LogP contribution in [0.4, 0.5) is 18.9 Å². The van der Waals surface area contributed by atoms with Crippen molar-refractivity contribution < 1.29 is 22.8 Å². The second-order valence-corrected chi connectivity index (χ2v) is 8.03. The fourth-order valence-corrected chi connectivity index (χ4v) is 3.22. The van der Waals surface area contributed by atoms with Crippen LogP contribution in [0.15, 0.2) is 41.8 Å². The number of carbonyl (C=O) groups excluding carboxylic acids is 2. The van der Waals surface area contributed by atoms with Crippen LogP contribution in [0.1, 0.15) is 37.1 Å². The molecule has 2 N–H and O–H groups in total. The molecule has 27 heavy (non-hydrogen) atoms. The Morgan fingerprint density at radius 2 is 1.74 bits per heavy atom. The number of thiophene rings is 1. The molecule has 1 aromatic carbocycles. The molecular formula is C19H21F3N2O2S. The van der Waals surface area contributed by atoms with Gasteiger partial charge in [0, 0.05) is 23.4 Å². The van der Waals surface area contributed by atoms with Crippen molar-refractivity contribution in [2.24, 2.45) is 5.41 Å². The molecular weight excluding hydrogens is 377 g/mol. The number of hydrogen-bond acceptors (Lipinski definition) is 3. The summed E-state index contributed by atoms with van der Waals surface area (Å²) in [7, 11) is 0. The molecule has 2 aromatic rings. The van der Waals surface area contributed by atoms with Gasteiger partial charge in [-0.2, -0.15) is 13.2 Å². The predicted molar refractivity (Wildman–Crippen MR) is 99.3 cm³/mol. The summed E-state index contributed by atoms with van der Waals surface area (Å²) in [6, 6.07) is 8.28. The highest BCUT2D eigenvalue weighted by Gasteiger charge is 2.31. The van der Waals surface area contributed by atoms with Crippen LogP contribution >= 0.6 is 11.3 Å². The van der Waals surface area contributed by atoms with Gasteiger partial charge in [-0.3, -0.25) is 9.59 Å². The molecule has 0 saturated heterocycles. The highest BCUT2D eigenvalue weighted by molar-refractivity contribution is 7.09. The van der Waals surface area contributed by atoms with E-state index in [0.717, 1.165) is 17.0 Å². The number of alkyl halides is 3. The maximum Gasteiger partial charge on any atom is 0.416 e. The first-order chi connectivity index (χ1) is 12.5. The van der Waals surface area contributed by atoms with Crippen molar-refractivity contribution >= 4 is 28.8 Å². The lowest BCUT2D eigenvalue weighted by Crippen LogP contribution is -2.31. The highest BCUT2D eigenvalue weighted by Crippen LogP contribution is 2.31. The molecule has 1 heterocycles. The topological polar surface area (TPSA) is 58.2 Å². The Labute approximate surface area is 159 Å². The minimum absolute atomic E-state index is 0.00959. The molecule has 0 unspecified atom stereocenters. The molecule has 2 amide bonds. The molecule has 0 spiro atoms. The molecule has 1 aromatic heterocycles. The summed E-state index contributed by atoms with van der Waals surface area (Å²) in [5.74, 6) is -0.620. The average Bonchev–Trinajstić information content (AvgIpc) is 3.04. The molecule has 0 saturated carbocycles. The Hall–Kier alpha value is -2.35. The van der Waals surface area contributed by atoms with Gasteiger partial charge in [0.2, 0.25) is 11.8 Å². The molecule has 2 rings (SSSR count). The van der Waals surface area contributed by atoms with E-state index in [0.29, 0.717) is 6.54 Å². The van der Waals surface area contributed by atoms with Crippen molar-refractivity contribution in [3.63, 3.8) is 0 Å². The van der Waals surface area contributed by atoms with Crippen LogP contribution in [0, 0.1) is 5.41 Å². The highest BCUT2D eigenvalue weighted by atomic mass is 32.1. The fraction of sp³-hybridized carbons (Fsp3) is 0.368. The lowest BCUT2D eigenvalue weighted by Gasteiger charge is -2.23. The van der Waals surface area contributed by atoms with Gasteiger partial charge in [0.1, 0.15) is 0 Å². The summed E-state index contributed by atoms with van der Waals surface area (Å²) in [4.78, 5) is 25.3. The van der Waals surface area contributed by atoms with Gasteiger partial charge in [-0.05, 0) is 35.1 Å². The third kappa shape index (κ3) is 7.05. The summed E-state index contributed by atoms with van der Waals surface area (Å²) in [5.41, 5.74) is -1.38. The van der Waals surface area contributed by atoms with E-state index in [1.807, 2.05) is 17.5 Å². The molecule has 4 nitrogen and oxygen atoms in total. The second kappa shape index (κ2) is 8.56. The van der Waals surface area contributed by atoms with Crippen molar-refractivity contribution in [3.05, 3.63) is 52.2 Å². The van der Waals surface area contributed by atoms with Gasteiger partial charge < -0.3 is 10.6 Å². The van der Waals surface area contributed by atoms with Gasteiger partial charge in [0.05, 0.1) is 12.1 Å². The molecule has 146 valence electrons. The van der Waals surface area contributed by atoms with E-state index in [1.54, 1.807) is 13.8 Å². The maximum absolute atomic E-state index is 12.7. The van der Waals surface area contributed by atoms with Crippen molar-refractivity contribution in [3.8, 4) is 0 Å². The monoisotopic (exact) mass is 398 g/mol. The van der Waals surface area contributed by atoms with E-state index in [-0.39, 0.29) is 24.4 Å². The Balaban J connectivity index is 1.87. The van der Waals surface area contributed by atoms with Gasteiger partial charge in [-0.1, -0.05) is 26.0 Å². The number of amides is 2. The van der Waals surface area contributed by atoms with Crippen LogP contribution in [0.3, 0.4) is 0 Å². The van der Waals surface area contributed by atoms with Crippen LogP contribution in [-0.4, -0.2) is 11.8 Å². The number of hydrogen-bond donors (Lipinski definition) is 2. The third-order valence-electron chi connectivity index (χ3n) is 3.79. The van der Waals surface area contributed by atoms with E-state index < -0.39 is 23.1 Å². The van der Waals surface area contributed by atoms with Gasteiger partial charge >= 0.3 is 6.18 Å². The molecule has 8 heteroatoms. The minimum Gasteiger partial charge on any atom is -0.351 e. The van der Waals surface area contributed by atoms with Gasteiger partial charge in [-0.15, -0.1) is 11.3 Å². The van der Waals surface area contributed by atoms with Gasteiger partial charge in [-0.25, -0.2) is 0 Å². The van der Waals surface area contributed by atoms with E-state index in [1.165, 1.54) is 23.5 Å². The van der Waals surface area contributed by atoms with E-state index in [9.17, 15) is 22.8 Å². The summed E-state index contributed by atoms with van der Waals surface area (Å²) in [6.45, 7) is 3.97. The van der Waals surface area contributed by atoms with Gasteiger partial charge in [0.25, 0.3) is 0 Å². The summed E-state index contributed by atoms with van der Waals surface area (Å²) in [6.07, 6.45) is -4.33. The van der Waals surface area contributed by atoms with Crippen LogP contribution in [0.2, 0.25) is 0 Å². The number of carbonyl (C=O) groups is 2. The molecule has 0 atom stereocenters. The van der Waals surface area contributed by atoms with E-state index >= 15 is 0 Å². The normalized spacial score (nSPS) is 11.9. The quantitative estimate of drug-likeness (QED) is 0.702. The molecule has 0 aliphatic heterocycles. The number of rotatable bonds is 7. The first-order valence-corrected chi connectivity index (χ1v) is 9.19. The average molecular weight is 398 g/mol. The zero-order valence-corrected chi connectivity index (χ0v) is 15.8. The lowest BCUT2D eigenvalue weighted by molar-refractivity contribution is -0.137. The minimum atomic E-state index is -4.47. The number of anilines is 1. The van der Waals surface area contributed by atoms with Crippen molar-refractivity contribution in [1.82, 2.24) is 5.32 Å². The Morgan fingerprint density at radius 1 is 1.04 bits per heavy atom. The maximum atomic E-state index is 12.7. The molecule has 0 aliphatic rings. The summed E-state index contributed by atoms with van der Waals surface area (Å²) in [5, 5.41) is 7.19. The number of halogens is 3. The lowest BCUT2D eigenvalue weighted by atomic mass is 9.85. The molecule has 0 aliphatic carbocycles. The van der Waals surface area contributed by atoms with Gasteiger partial charge in [0.15, 0.2) is 0 Å². The summed E-state index contributed by atoms with van der Waals surface area (Å²) < 4.78 is 38.2. The van der Waals surface area contributed by atoms with Crippen LogP contribution in [0.25, 0.3) is 0 Å². The number of benzene rings is 1. The molecule has 0 radical (unpaired) electrons. The van der Waals surface area contributed by atoms with E-state index in [2.05, 4.69) is 10.6 Å². The van der Waals surface area contributed by atoms with Crippen LogP contribution in [0.5, 0.6) is 0 Å². The Morgan fingerprint density at radius 3 is 2.37 bits per heavy atom. The predicted octanol–water partition coefficient (Wildman–Crippen LogP) is 4.83. The van der Waals surface area contributed by atoms with Crippen molar-refractivity contribution in [2.45, 2.75) is 39.4 Å². The SMILES string of the molecule is CC(C)(CC(=O)NCc1cccs1)CC(=O)Nc1cccc(C(F)(F)F)c1. The first kappa shape index (κ1) is 21.0. The zero-order valence-electron chi connectivity index (χ0n) is 15.0. The third-order valence-corrected chi connectivity index (χ3v) is 4.67. The number of nitrogens with one attached hydrogen (secondary N) is 2. The molecule has 0 fully saturated rings.